The predicted molar refractivity (Wildman–Crippen MR) is 136 cm³/mol. The average Bonchev–Trinajstić information content (AvgIpc) is 3.35. The Morgan fingerprint density at radius 2 is 1.50 bits per heavy atom. The molecule has 8 N–H and O–H groups in total. The van der Waals surface area contributed by atoms with Gasteiger partial charge in [0.05, 0.1) is 18.8 Å². The Balaban J connectivity index is 2.19. The predicted octanol–water partition coefficient (Wildman–Crippen LogP) is -0.418. The summed E-state index contributed by atoms with van der Waals surface area (Å²) in [4.78, 5) is 68.6. The second-order valence-electron chi connectivity index (χ2n) is 9.33. The van der Waals surface area contributed by atoms with Crippen LogP contribution in [0.5, 0.6) is 0 Å². The molecule has 1 aromatic carbocycles. The highest BCUT2D eigenvalue weighted by Gasteiger charge is 2.32. The zero-order valence-corrected chi connectivity index (χ0v) is 21.2. The molecule has 0 aliphatic carbocycles. The SMILES string of the molecule is CC(C)CC(N)C(=O)NC(Cc1cnc[nH]1)C(=O)NC(CC(=O)O)C(=O)NC(Cc1ccccc1)C(=O)O. The van der Waals surface area contributed by atoms with Gasteiger partial charge in [-0.1, -0.05) is 44.2 Å². The van der Waals surface area contributed by atoms with Gasteiger partial charge >= 0.3 is 11.9 Å². The van der Waals surface area contributed by atoms with Gasteiger partial charge in [-0.15, -0.1) is 0 Å². The summed E-state index contributed by atoms with van der Waals surface area (Å²) in [7, 11) is 0. The molecule has 4 atom stereocenters. The summed E-state index contributed by atoms with van der Waals surface area (Å²) in [5, 5.41) is 26.1. The van der Waals surface area contributed by atoms with Gasteiger partial charge in [0.2, 0.25) is 17.7 Å². The van der Waals surface area contributed by atoms with E-state index in [-0.39, 0.29) is 18.8 Å². The number of carbonyl (C=O) groups is 5. The number of amides is 3. The average molecular weight is 531 g/mol. The van der Waals surface area contributed by atoms with E-state index in [1.165, 1.54) is 12.5 Å². The summed E-state index contributed by atoms with van der Waals surface area (Å²) in [5.41, 5.74) is 7.07. The molecule has 0 radical (unpaired) electrons. The molecule has 38 heavy (non-hydrogen) atoms. The zero-order valence-electron chi connectivity index (χ0n) is 21.2. The number of aromatic nitrogens is 2. The molecular weight excluding hydrogens is 496 g/mol. The molecular formula is C25H34N6O7. The molecule has 2 aromatic rings. The summed E-state index contributed by atoms with van der Waals surface area (Å²) in [6.07, 6.45) is 2.29. The van der Waals surface area contributed by atoms with Gasteiger partial charge in [-0.2, -0.15) is 0 Å². The van der Waals surface area contributed by atoms with Gasteiger partial charge < -0.3 is 36.9 Å². The van der Waals surface area contributed by atoms with Crippen LogP contribution in [0.3, 0.4) is 0 Å². The Bertz CT molecular complexity index is 1090. The van der Waals surface area contributed by atoms with E-state index >= 15 is 0 Å². The van der Waals surface area contributed by atoms with E-state index in [9.17, 15) is 34.2 Å². The first-order chi connectivity index (χ1) is 18.0. The molecule has 0 aliphatic heterocycles. The smallest absolute Gasteiger partial charge is 0.326 e. The molecule has 0 fully saturated rings. The summed E-state index contributed by atoms with van der Waals surface area (Å²) in [6.45, 7) is 3.78. The number of aliphatic carboxylic acids is 2. The topological polar surface area (TPSA) is 217 Å². The van der Waals surface area contributed by atoms with E-state index in [1.54, 1.807) is 30.3 Å². The second-order valence-corrected chi connectivity index (χ2v) is 9.33. The van der Waals surface area contributed by atoms with Gasteiger partial charge in [-0.25, -0.2) is 9.78 Å². The molecule has 13 heteroatoms. The van der Waals surface area contributed by atoms with Crippen LogP contribution in [-0.2, 0) is 36.8 Å². The van der Waals surface area contributed by atoms with E-state index in [0.717, 1.165) is 0 Å². The quantitative estimate of drug-likeness (QED) is 0.159. The fourth-order valence-electron chi connectivity index (χ4n) is 3.70. The van der Waals surface area contributed by atoms with Crippen LogP contribution >= 0.6 is 0 Å². The lowest BCUT2D eigenvalue weighted by Crippen LogP contribution is -2.58. The van der Waals surface area contributed by atoms with Gasteiger partial charge in [-0.3, -0.25) is 19.2 Å². The van der Waals surface area contributed by atoms with Crippen LogP contribution in [0.1, 0.15) is 37.9 Å². The first kappa shape index (κ1) is 30.0. The molecule has 0 spiro atoms. The highest BCUT2D eigenvalue weighted by atomic mass is 16.4. The summed E-state index contributed by atoms with van der Waals surface area (Å²) in [5.74, 6) is -5.03. The van der Waals surface area contributed by atoms with Crippen molar-refractivity contribution in [1.82, 2.24) is 25.9 Å². The van der Waals surface area contributed by atoms with E-state index in [1.807, 2.05) is 13.8 Å². The fraction of sp³-hybridized carbons (Fsp3) is 0.440. The summed E-state index contributed by atoms with van der Waals surface area (Å²) < 4.78 is 0. The monoisotopic (exact) mass is 530 g/mol. The Hall–Kier alpha value is -4.26. The highest BCUT2D eigenvalue weighted by Crippen LogP contribution is 2.07. The molecule has 0 saturated carbocycles. The minimum atomic E-state index is -1.61. The number of hydrogen-bond donors (Lipinski definition) is 7. The number of H-pyrrole nitrogens is 1. The van der Waals surface area contributed by atoms with E-state index in [0.29, 0.717) is 17.7 Å². The number of benzene rings is 1. The highest BCUT2D eigenvalue weighted by molar-refractivity contribution is 5.95. The largest absolute Gasteiger partial charge is 0.481 e. The van der Waals surface area contributed by atoms with E-state index in [2.05, 4.69) is 25.9 Å². The molecule has 13 nitrogen and oxygen atoms in total. The van der Waals surface area contributed by atoms with Gasteiger partial charge in [-0.05, 0) is 17.9 Å². The lowest BCUT2D eigenvalue weighted by Gasteiger charge is -2.24. The molecule has 2 rings (SSSR count). The van der Waals surface area contributed by atoms with Crippen molar-refractivity contribution in [3.8, 4) is 0 Å². The van der Waals surface area contributed by atoms with Gasteiger partial charge in [0.15, 0.2) is 0 Å². The van der Waals surface area contributed by atoms with Crippen molar-refractivity contribution in [2.24, 2.45) is 11.7 Å². The maximum absolute atomic E-state index is 13.2. The van der Waals surface area contributed by atoms with Crippen LogP contribution in [-0.4, -0.2) is 74.0 Å². The molecule has 0 bridgehead atoms. The summed E-state index contributed by atoms with van der Waals surface area (Å²) in [6, 6.07) is 3.47. The maximum atomic E-state index is 13.2. The van der Waals surface area contributed by atoms with Gasteiger partial charge in [0.25, 0.3) is 0 Å². The standard InChI is InChI=1S/C25H34N6O7/c1-14(2)8-17(26)22(34)29-18(10-16-12-27-13-28-16)23(35)30-19(11-21(32)33)24(36)31-20(25(37)38)9-15-6-4-3-5-7-15/h3-7,12-14,17-20H,8-11,26H2,1-2H3,(H,27,28)(H,29,34)(H,30,35)(H,31,36)(H,32,33)(H,37,38). The van der Waals surface area contributed by atoms with Crippen LogP contribution in [0.2, 0.25) is 0 Å². The van der Waals surface area contributed by atoms with Crippen molar-refractivity contribution in [3.05, 3.63) is 54.1 Å². The number of rotatable bonds is 15. The Morgan fingerprint density at radius 3 is 2.05 bits per heavy atom. The third-order valence-electron chi connectivity index (χ3n) is 5.58. The van der Waals surface area contributed by atoms with Crippen molar-refractivity contribution in [2.75, 3.05) is 0 Å². The second kappa shape index (κ2) is 14.5. The normalized spacial score (nSPS) is 14.1. The molecule has 1 heterocycles. The van der Waals surface area contributed by atoms with Crippen molar-refractivity contribution in [1.29, 1.82) is 0 Å². The molecule has 0 saturated heterocycles. The lowest BCUT2D eigenvalue weighted by atomic mass is 10.0. The Kier molecular flexibility index (Phi) is 11.4. The number of hydrogen-bond acceptors (Lipinski definition) is 7. The fourth-order valence-corrected chi connectivity index (χ4v) is 3.70. The van der Waals surface area contributed by atoms with Gasteiger partial charge in [0, 0.05) is 24.7 Å². The third-order valence-corrected chi connectivity index (χ3v) is 5.58. The van der Waals surface area contributed by atoms with Crippen molar-refractivity contribution < 1.29 is 34.2 Å². The van der Waals surface area contributed by atoms with Crippen molar-refractivity contribution in [3.63, 3.8) is 0 Å². The van der Waals surface area contributed by atoms with E-state index < -0.39 is 60.2 Å². The van der Waals surface area contributed by atoms with Crippen LogP contribution in [0.15, 0.2) is 42.9 Å². The molecule has 206 valence electrons. The maximum Gasteiger partial charge on any atom is 0.326 e. The lowest BCUT2D eigenvalue weighted by molar-refractivity contribution is -0.143. The number of carbonyl (C=O) groups excluding carboxylic acids is 3. The third kappa shape index (κ3) is 10.0. The molecule has 3 amide bonds. The first-order valence-corrected chi connectivity index (χ1v) is 12.1. The van der Waals surface area contributed by atoms with Crippen molar-refractivity contribution in [2.45, 2.75) is 63.7 Å². The number of nitrogens with one attached hydrogen (secondary N) is 4. The molecule has 4 unspecified atom stereocenters. The van der Waals surface area contributed by atoms with Gasteiger partial charge in [0.1, 0.15) is 18.1 Å². The zero-order chi connectivity index (χ0) is 28.2. The number of aromatic amines is 1. The number of carboxylic acid groups (broad SMARTS) is 2. The Morgan fingerprint density at radius 1 is 0.895 bits per heavy atom. The summed E-state index contributed by atoms with van der Waals surface area (Å²) >= 11 is 0. The number of nitrogens with two attached hydrogens (primary N) is 1. The van der Waals surface area contributed by atoms with Crippen LogP contribution in [0.25, 0.3) is 0 Å². The van der Waals surface area contributed by atoms with Crippen LogP contribution in [0, 0.1) is 5.92 Å². The van der Waals surface area contributed by atoms with E-state index in [4.69, 9.17) is 5.73 Å². The first-order valence-electron chi connectivity index (χ1n) is 12.1. The Labute approximate surface area is 219 Å². The number of nitrogens with zero attached hydrogens (tertiary/aromatic N) is 1. The molecule has 0 aliphatic rings. The number of imidazole rings is 1. The molecule has 1 aromatic heterocycles. The van der Waals surface area contributed by atoms with Crippen LogP contribution < -0.4 is 21.7 Å². The number of carboxylic acids is 2. The minimum Gasteiger partial charge on any atom is -0.481 e. The minimum absolute atomic E-state index is 0.0425. The van der Waals surface area contributed by atoms with Crippen molar-refractivity contribution >= 4 is 29.7 Å². The van der Waals surface area contributed by atoms with Crippen LogP contribution in [0.4, 0.5) is 0 Å².